The van der Waals surface area contributed by atoms with Crippen molar-refractivity contribution in [1.29, 1.82) is 0 Å². The number of benzene rings is 2. The van der Waals surface area contributed by atoms with Gasteiger partial charge in [0.2, 0.25) is 5.91 Å². The molecule has 0 fully saturated rings. The number of carbonyl (C=O) groups excluding carboxylic acids is 3. The van der Waals surface area contributed by atoms with E-state index in [1.165, 1.54) is 6.92 Å². The van der Waals surface area contributed by atoms with Gasteiger partial charge in [0.1, 0.15) is 0 Å². The first-order chi connectivity index (χ1) is 14.5. The van der Waals surface area contributed by atoms with Gasteiger partial charge < -0.3 is 20.4 Å². The quantitative estimate of drug-likeness (QED) is 0.475. The summed E-state index contributed by atoms with van der Waals surface area (Å²) in [5.41, 5.74) is 2.97. The molecule has 0 unspecified atom stereocenters. The molecule has 0 saturated carbocycles. The van der Waals surface area contributed by atoms with E-state index in [9.17, 15) is 14.4 Å². The van der Waals surface area contributed by atoms with Gasteiger partial charge >= 0.3 is 5.97 Å². The van der Waals surface area contributed by atoms with Crippen molar-refractivity contribution in [2.45, 2.75) is 25.8 Å². The standard InChI is InChI=1S/C23H25N3O4/c1-16(27)26-21(17-7-3-2-4-8-17)13-23(29)30-15-22(28)24-12-11-18-14-25-20-10-6-5-9-19(18)20/h2-10,14,21,25H,11-13,15H2,1H3,(H,24,28)(H,26,27)/t21-/m1/s1. The minimum absolute atomic E-state index is 0.0494. The lowest BCUT2D eigenvalue weighted by Crippen LogP contribution is -2.32. The molecule has 30 heavy (non-hydrogen) atoms. The number of aromatic amines is 1. The smallest absolute Gasteiger partial charge is 0.308 e. The molecule has 2 aromatic carbocycles. The van der Waals surface area contributed by atoms with Gasteiger partial charge in [-0.25, -0.2) is 0 Å². The fourth-order valence-electron chi connectivity index (χ4n) is 3.28. The van der Waals surface area contributed by atoms with Crippen LogP contribution in [0.3, 0.4) is 0 Å². The molecule has 1 heterocycles. The Hall–Kier alpha value is -3.61. The second-order valence-electron chi connectivity index (χ2n) is 6.99. The number of esters is 1. The van der Waals surface area contributed by atoms with Crippen LogP contribution in [-0.2, 0) is 25.5 Å². The monoisotopic (exact) mass is 407 g/mol. The Bertz CT molecular complexity index is 1010. The Morgan fingerprint density at radius 1 is 1.03 bits per heavy atom. The van der Waals surface area contributed by atoms with E-state index in [1.807, 2.05) is 60.8 Å². The number of hydrogen-bond donors (Lipinski definition) is 3. The van der Waals surface area contributed by atoms with Crippen LogP contribution in [0.5, 0.6) is 0 Å². The van der Waals surface area contributed by atoms with Crippen molar-refractivity contribution in [3.63, 3.8) is 0 Å². The van der Waals surface area contributed by atoms with Crippen molar-refractivity contribution in [3.05, 3.63) is 71.9 Å². The first-order valence-corrected chi connectivity index (χ1v) is 9.82. The minimum atomic E-state index is -0.551. The lowest BCUT2D eigenvalue weighted by molar-refractivity contribution is -0.149. The number of rotatable bonds is 9. The summed E-state index contributed by atoms with van der Waals surface area (Å²) in [5.74, 6) is -1.16. The molecular formula is C23H25N3O4. The third-order valence-corrected chi connectivity index (χ3v) is 4.71. The van der Waals surface area contributed by atoms with Gasteiger partial charge in [-0.2, -0.15) is 0 Å². The third kappa shape index (κ3) is 5.94. The second kappa shape index (κ2) is 10.2. The van der Waals surface area contributed by atoms with Crippen LogP contribution in [0.2, 0.25) is 0 Å². The van der Waals surface area contributed by atoms with Crippen molar-refractivity contribution >= 4 is 28.7 Å². The van der Waals surface area contributed by atoms with E-state index in [0.29, 0.717) is 13.0 Å². The van der Waals surface area contributed by atoms with Crippen molar-refractivity contribution in [2.24, 2.45) is 0 Å². The molecule has 0 saturated heterocycles. The average Bonchev–Trinajstić information content (AvgIpc) is 3.15. The SMILES string of the molecule is CC(=O)N[C@H](CC(=O)OCC(=O)NCCc1c[nH]c2ccccc12)c1ccccc1. The highest BCUT2D eigenvalue weighted by Gasteiger charge is 2.18. The number of amides is 2. The van der Waals surface area contributed by atoms with Crippen molar-refractivity contribution in [2.75, 3.05) is 13.2 Å². The highest BCUT2D eigenvalue weighted by Crippen LogP contribution is 2.18. The Labute approximate surface area is 174 Å². The molecule has 0 spiro atoms. The van der Waals surface area contributed by atoms with Gasteiger partial charge in [-0.3, -0.25) is 14.4 Å². The summed E-state index contributed by atoms with van der Waals surface area (Å²) in [6.45, 7) is 1.48. The van der Waals surface area contributed by atoms with Gasteiger partial charge in [0.15, 0.2) is 6.61 Å². The number of aromatic nitrogens is 1. The van der Waals surface area contributed by atoms with Crippen LogP contribution < -0.4 is 10.6 Å². The Morgan fingerprint density at radius 2 is 1.77 bits per heavy atom. The fraction of sp³-hybridized carbons (Fsp3) is 0.261. The number of hydrogen-bond acceptors (Lipinski definition) is 4. The Kier molecular flexibility index (Phi) is 7.21. The molecule has 0 bridgehead atoms. The molecule has 7 nitrogen and oxygen atoms in total. The maximum absolute atomic E-state index is 12.2. The predicted molar refractivity (Wildman–Crippen MR) is 114 cm³/mol. The topological polar surface area (TPSA) is 100 Å². The molecule has 0 radical (unpaired) electrons. The second-order valence-corrected chi connectivity index (χ2v) is 6.99. The van der Waals surface area contributed by atoms with E-state index < -0.39 is 12.0 Å². The van der Waals surface area contributed by atoms with Crippen molar-refractivity contribution in [3.8, 4) is 0 Å². The van der Waals surface area contributed by atoms with Crippen LogP contribution in [-0.4, -0.2) is 35.9 Å². The number of nitrogens with one attached hydrogen (secondary N) is 3. The Balaban J connectivity index is 1.43. The molecule has 0 aliphatic carbocycles. The molecule has 3 aromatic rings. The summed E-state index contributed by atoms with van der Waals surface area (Å²) in [7, 11) is 0. The molecular weight excluding hydrogens is 382 g/mol. The van der Waals surface area contributed by atoms with E-state index in [0.717, 1.165) is 22.0 Å². The highest BCUT2D eigenvalue weighted by molar-refractivity contribution is 5.83. The normalized spacial score (nSPS) is 11.6. The number of H-pyrrole nitrogens is 1. The van der Waals surface area contributed by atoms with Crippen LogP contribution in [0.15, 0.2) is 60.8 Å². The molecule has 1 atom stereocenters. The minimum Gasteiger partial charge on any atom is -0.456 e. The third-order valence-electron chi connectivity index (χ3n) is 4.71. The molecule has 0 aliphatic heterocycles. The van der Waals surface area contributed by atoms with Gasteiger partial charge in [-0.05, 0) is 23.6 Å². The zero-order valence-corrected chi connectivity index (χ0v) is 16.8. The van der Waals surface area contributed by atoms with Crippen LogP contribution >= 0.6 is 0 Å². The summed E-state index contributed by atoms with van der Waals surface area (Å²) in [6, 6.07) is 16.6. The van der Waals surface area contributed by atoms with E-state index in [4.69, 9.17) is 4.74 Å². The maximum Gasteiger partial charge on any atom is 0.308 e. The van der Waals surface area contributed by atoms with Crippen LogP contribution in [0, 0.1) is 0 Å². The summed E-state index contributed by atoms with van der Waals surface area (Å²) in [5, 5.41) is 6.62. The van der Waals surface area contributed by atoms with E-state index >= 15 is 0 Å². The molecule has 3 rings (SSSR count). The van der Waals surface area contributed by atoms with Crippen LogP contribution in [0.1, 0.15) is 30.5 Å². The van der Waals surface area contributed by atoms with E-state index in [2.05, 4.69) is 15.6 Å². The number of para-hydroxylation sites is 1. The lowest BCUT2D eigenvalue weighted by Gasteiger charge is -2.17. The highest BCUT2D eigenvalue weighted by atomic mass is 16.5. The summed E-state index contributed by atoms with van der Waals surface area (Å²) >= 11 is 0. The number of carbonyl (C=O) groups is 3. The van der Waals surface area contributed by atoms with Gasteiger partial charge in [0.05, 0.1) is 12.5 Å². The van der Waals surface area contributed by atoms with Gasteiger partial charge in [-0.15, -0.1) is 0 Å². The molecule has 0 aliphatic rings. The van der Waals surface area contributed by atoms with Gasteiger partial charge in [0, 0.05) is 30.6 Å². The fourth-order valence-corrected chi connectivity index (χ4v) is 3.28. The van der Waals surface area contributed by atoms with E-state index in [-0.39, 0.29) is 24.8 Å². The number of fused-ring (bicyclic) bond motifs is 1. The average molecular weight is 407 g/mol. The van der Waals surface area contributed by atoms with Crippen LogP contribution in [0.25, 0.3) is 10.9 Å². The van der Waals surface area contributed by atoms with Gasteiger partial charge in [0.25, 0.3) is 5.91 Å². The Morgan fingerprint density at radius 3 is 2.53 bits per heavy atom. The summed E-state index contributed by atoms with van der Waals surface area (Å²) in [6.07, 6.45) is 2.55. The number of ether oxygens (including phenoxy) is 1. The summed E-state index contributed by atoms with van der Waals surface area (Å²) in [4.78, 5) is 38.8. The van der Waals surface area contributed by atoms with Gasteiger partial charge in [-0.1, -0.05) is 48.5 Å². The maximum atomic E-state index is 12.2. The zero-order chi connectivity index (χ0) is 21.3. The molecule has 1 aromatic heterocycles. The van der Waals surface area contributed by atoms with Crippen molar-refractivity contribution in [1.82, 2.24) is 15.6 Å². The van der Waals surface area contributed by atoms with Crippen molar-refractivity contribution < 1.29 is 19.1 Å². The lowest BCUT2D eigenvalue weighted by atomic mass is 10.0. The molecule has 3 N–H and O–H groups in total. The molecule has 7 heteroatoms. The summed E-state index contributed by atoms with van der Waals surface area (Å²) < 4.78 is 5.09. The first-order valence-electron chi connectivity index (χ1n) is 9.82. The van der Waals surface area contributed by atoms with Crippen LogP contribution in [0.4, 0.5) is 0 Å². The molecule has 2 amide bonds. The zero-order valence-electron chi connectivity index (χ0n) is 16.8. The first kappa shape index (κ1) is 21.1. The predicted octanol–water partition coefficient (Wildman–Crippen LogP) is 2.64. The largest absolute Gasteiger partial charge is 0.456 e. The van der Waals surface area contributed by atoms with E-state index in [1.54, 1.807) is 0 Å². The molecule has 156 valence electrons.